The molecule has 4 nitrogen and oxygen atoms in total. The molecule has 0 aromatic heterocycles. The molecule has 0 spiro atoms. The highest BCUT2D eigenvalue weighted by Gasteiger charge is 2.18. The molecule has 4 heteroatoms. The lowest BCUT2D eigenvalue weighted by atomic mass is 10.0. The van der Waals surface area contributed by atoms with E-state index in [0.717, 1.165) is 37.3 Å². The first-order valence-electron chi connectivity index (χ1n) is 7.73. The molecule has 1 aromatic rings. The van der Waals surface area contributed by atoms with E-state index in [-0.39, 0.29) is 0 Å². The minimum atomic E-state index is 0.750. The van der Waals surface area contributed by atoms with E-state index in [1.807, 2.05) is 13.1 Å². The first-order valence-corrected chi connectivity index (χ1v) is 7.73. The van der Waals surface area contributed by atoms with Crippen LogP contribution in [-0.4, -0.2) is 38.1 Å². The van der Waals surface area contributed by atoms with Gasteiger partial charge in [0.25, 0.3) is 0 Å². The summed E-state index contributed by atoms with van der Waals surface area (Å²) in [6.45, 7) is 7.38. The Labute approximate surface area is 128 Å². The SMILES string of the molecule is CN=C(NCc1ccc(OC)c(C)c1)N1CCCC(C)C1. The van der Waals surface area contributed by atoms with Crippen molar-refractivity contribution in [3.05, 3.63) is 29.3 Å². The minimum Gasteiger partial charge on any atom is -0.496 e. The summed E-state index contributed by atoms with van der Waals surface area (Å²) in [6.07, 6.45) is 2.58. The first kappa shape index (κ1) is 15.7. The van der Waals surface area contributed by atoms with Crippen LogP contribution in [0, 0.1) is 12.8 Å². The summed E-state index contributed by atoms with van der Waals surface area (Å²) in [5.41, 5.74) is 2.41. The zero-order valence-electron chi connectivity index (χ0n) is 13.6. The summed E-state index contributed by atoms with van der Waals surface area (Å²) in [6, 6.07) is 6.29. The van der Waals surface area contributed by atoms with Crippen LogP contribution < -0.4 is 10.1 Å². The average Bonchev–Trinajstić information content (AvgIpc) is 2.48. The molecule has 2 rings (SSSR count). The molecule has 0 aliphatic carbocycles. The molecule has 21 heavy (non-hydrogen) atoms. The molecule has 1 N–H and O–H groups in total. The van der Waals surface area contributed by atoms with Crippen LogP contribution in [0.4, 0.5) is 0 Å². The van der Waals surface area contributed by atoms with Gasteiger partial charge in [-0.2, -0.15) is 0 Å². The monoisotopic (exact) mass is 289 g/mol. The highest BCUT2D eigenvalue weighted by molar-refractivity contribution is 5.80. The summed E-state index contributed by atoms with van der Waals surface area (Å²) in [7, 11) is 3.57. The third-order valence-electron chi connectivity index (χ3n) is 4.08. The van der Waals surface area contributed by atoms with Gasteiger partial charge in [-0.15, -0.1) is 0 Å². The standard InChI is InChI=1S/C17H27N3O/c1-13-6-5-9-20(12-13)17(18-3)19-11-15-7-8-16(21-4)14(2)10-15/h7-8,10,13H,5-6,9,11-12H2,1-4H3,(H,18,19). The molecule has 0 radical (unpaired) electrons. The number of nitrogens with zero attached hydrogens (tertiary/aromatic N) is 2. The van der Waals surface area contributed by atoms with Crippen LogP contribution in [0.15, 0.2) is 23.2 Å². The molecular formula is C17H27N3O. The number of guanidine groups is 1. The summed E-state index contributed by atoms with van der Waals surface area (Å²) >= 11 is 0. The van der Waals surface area contributed by atoms with Crippen LogP contribution in [-0.2, 0) is 6.54 Å². The van der Waals surface area contributed by atoms with Gasteiger partial charge < -0.3 is 15.0 Å². The third kappa shape index (κ3) is 4.13. The van der Waals surface area contributed by atoms with E-state index in [0.29, 0.717) is 0 Å². The number of likely N-dealkylation sites (tertiary alicyclic amines) is 1. The van der Waals surface area contributed by atoms with Gasteiger partial charge in [-0.3, -0.25) is 4.99 Å². The number of aryl methyl sites for hydroxylation is 1. The summed E-state index contributed by atoms with van der Waals surface area (Å²) in [5.74, 6) is 2.70. The smallest absolute Gasteiger partial charge is 0.193 e. The lowest BCUT2D eigenvalue weighted by Gasteiger charge is -2.33. The second-order valence-electron chi connectivity index (χ2n) is 5.90. The molecule has 1 aliphatic rings. The number of nitrogens with one attached hydrogen (secondary N) is 1. The Bertz CT molecular complexity index is 499. The van der Waals surface area contributed by atoms with Gasteiger partial charge in [0.1, 0.15) is 5.75 Å². The second kappa shape index (κ2) is 7.34. The van der Waals surface area contributed by atoms with Crippen molar-refractivity contribution in [2.75, 3.05) is 27.2 Å². The Hall–Kier alpha value is -1.71. The molecule has 1 atom stereocenters. The average molecular weight is 289 g/mol. The number of aliphatic imine (C=N–C) groups is 1. The molecule has 116 valence electrons. The van der Waals surface area contributed by atoms with E-state index in [9.17, 15) is 0 Å². The van der Waals surface area contributed by atoms with Gasteiger partial charge in [0.2, 0.25) is 0 Å². The quantitative estimate of drug-likeness (QED) is 0.687. The molecule has 1 saturated heterocycles. The van der Waals surface area contributed by atoms with E-state index in [2.05, 4.69) is 41.2 Å². The topological polar surface area (TPSA) is 36.9 Å². The van der Waals surface area contributed by atoms with Crippen LogP contribution in [0.1, 0.15) is 30.9 Å². The van der Waals surface area contributed by atoms with Gasteiger partial charge in [-0.1, -0.05) is 19.1 Å². The van der Waals surface area contributed by atoms with Crippen molar-refractivity contribution >= 4 is 5.96 Å². The van der Waals surface area contributed by atoms with Crippen LogP contribution in [0.3, 0.4) is 0 Å². The third-order valence-corrected chi connectivity index (χ3v) is 4.08. The van der Waals surface area contributed by atoms with Gasteiger partial charge in [0, 0.05) is 26.7 Å². The number of hydrogen-bond acceptors (Lipinski definition) is 2. The second-order valence-corrected chi connectivity index (χ2v) is 5.90. The number of piperidine rings is 1. The zero-order valence-corrected chi connectivity index (χ0v) is 13.6. The van der Waals surface area contributed by atoms with E-state index in [1.54, 1.807) is 7.11 Å². The van der Waals surface area contributed by atoms with Crippen LogP contribution in [0.2, 0.25) is 0 Å². The Morgan fingerprint density at radius 3 is 2.90 bits per heavy atom. The van der Waals surface area contributed by atoms with Crippen LogP contribution >= 0.6 is 0 Å². The number of benzene rings is 1. The Balaban J connectivity index is 1.95. The minimum absolute atomic E-state index is 0.750. The van der Waals surface area contributed by atoms with E-state index in [4.69, 9.17) is 4.74 Å². The maximum absolute atomic E-state index is 5.30. The molecule has 0 bridgehead atoms. The Kier molecular flexibility index (Phi) is 5.48. The van der Waals surface area contributed by atoms with Crippen molar-refractivity contribution in [2.45, 2.75) is 33.2 Å². The van der Waals surface area contributed by atoms with Gasteiger partial charge in [-0.05, 0) is 42.9 Å². The number of rotatable bonds is 3. The fourth-order valence-corrected chi connectivity index (χ4v) is 2.95. The molecule has 1 unspecified atom stereocenters. The normalized spacial score (nSPS) is 19.5. The lowest BCUT2D eigenvalue weighted by molar-refractivity contribution is 0.266. The summed E-state index contributed by atoms with van der Waals surface area (Å²) in [5, 5.41) is 3.48. The Morgan fingerprint density at radius 2 is 2.29 bits per heavy atom. The predicted octanol–water partition coefficient (Wildman–Crippen LogP) is 2.81. The highest BCUT2D eigenvalue weighted by Crippen LogP contribution is 2.19. The van der Waals surface area contributed by atoms with Crippen molar-refractivity contribution in [3.63, 3.8) is 0 Å². The molecule has 1 aliphatic heterocycles. The van der Waals surface area contributed by atoms with Crippen molar-refractivity contribution in [2.24, 2.45) is 10.9 Å². The molecule has 1 heterocycles. The number of hydrogen-bond donors (Lipinski definition) is 1. The van der Waals surface area contributed by atoms with Gasteiger partial charge in [-0.25, -0.2) is 0 Å². The fourth-order valence-electron chi connectivity index (χ4n) is 2.95. The van der Waals surface area contributed by atoms with E-state index in [1.165, 1.54) is 24.0 Å². The van der Waals surface area contributed by atoms with Crippen molar-refractivity contribution in [1.82, 2.24) is 10.2 Å². The maximum Gasteiger partial charge on any atom is 0.193 e. The van der Waals surface area contributed by atoms with Gasteiger partial charge in [0.15, 0.2) is 5.96 Å². The van der Waals surface area contributed by atoms with E-state index >= 15 is 0 Å². The first-order chi connectivity index (χ1) is 10.1. The largest absolute Gasteiger partial charge is 0.496 e. The van der Waals surface area contributed by atoms with Crippen molar-refractivity contribution in [3.8, 4) is 5.75 Å². The molecule has 0 saturated carbocycles. The molecular weight excluding hydrogens is 262 g/mol. The van der Waals surface area contributed by atoms with Gasteiger partial charge in [0.05, 0.1) is 7.11 Å². The van der Waals surface area contributed by atoms with Crippen LogP contribution in [0.25, 0.3) is 0 Å². The predicted molar refractivity (Wildman–Crippen MR) is 87.9 cm³/mol. The highest BCUT2D eigenvalue weighted by atomic mass is 16.5. The zero-order chi connectivity index (χ0) is 15.2. The van der Waals surface area contributed by atoms with Crippen molar-refractivity contribution in [1.29, 1.82) is 0 Å². The van der Waals surface area contributed by atoms with Crippen molar-refractivity contribution < 1.29 is 4.74 Å². The van der Waals surface area contributed by atoms with Crippen LogP contribution in [0.5, 0.6) is 5.75 Å². The molecule has 0 amide bonds. The molecule has 1 aromatic carbocycles. The fraction of sp³-hybridized carbons (Fsp3) is 0.588. The Morgan fingerprint density at radius 1 is 1.48 bits per heavy atom. The number of methoxy groups -OCH3 is 1. The number of ether oxygens (including phenoxy) is 1. The maximum atomic E-state index is 5.30. The van der Waals surface area contributed by atoms with E-state index < -0.39 is 0 Å². The van der Waals surface area contributed by atoms with Gasteiger partial charge >= 0.3 is 0 Å². The molecule has 1 fully saturated rings. The summed E-state index contributed by atoms with van der Waals surface area (Å²) < 4.78 is 5.30. The lowest BCUT2D eigenvalue weighted by Crippen LogP contribution is -2.45. The summed E-state index contributed by atoms with van der Waals surface area (Å²) in [4.78, 5) is 6.79.